The van der Waals surface area contributed by atoms with Crippen LogP contribution in [0.4, 0.5) is 10.1 Å². The van der Waals surface area contributed by atoms with Crippen molar-refractivity contribution >= 4 is 28.3 Å². The van der Waals surface area contributed by atoms with Gasteiger partial charge < -0.3 is 19.7 Å². The first-order valence-electron chi connectivity index (χ1n) is 10.8. The number of aromatic nitrogens is 4. The van der Waals surface area contributed by atoms with Crippen LogP contribution in [-0.4, -0.2) is 37.1 Å². The molecule has 0 spiro atoms. The van der Waals surface area contributed by atoms with Crippen molar-refractivity contribution in [2.24, 2.45) is 0 Å². The van der Waals surface area contributed by atoms with E-state index in [1.54, 1.807) is 6.20 Å². The zero-order valence-electron chi connectivity index (χ0n) is 18.6. The number of carbonyl (C=O) groups excluding carboxylic acids is 1. The van der Waals surface area contributed by atoms with E-state index in [0.29, 0.717) is 11.4 Å². The highest BCUT2D eigenvalue weighted by molar-refractivity contribution is 6.02. The molecule has 180 valence electrons. The fourth-order valence-corrected chi connectivity index (χ4v) is 3.63. The van der Waals surface area contributed by atoms with Crippen molar-refractivity contribution in [3.8, 4) is 17.1 Å². The number of carboxylic acid groups (broad SMARTS) is 1. The number of rotatable bonds is 8. The lowest BCUT2D eigenvalue weighted by Gasteiger charge is -2.09. The first-order valence-corrected chi connectivity index (χ1v) is 10.8. The van der Waals surface area contributed by atoms with Gasteiger partial charge in [0.05, 0.1) is 11.8 Å². The number of aromatic carboxylic acids is 1. The monoisotopic (exact) mass is 487 g/mol. The number of benzene rings is 3. The number of amides is 1. The average Bonchev–Trinajstić information content (AvgIpc) is 3.53. The first-order chi connectivity index (χ1) is 17.5. The number of hydrogen-bond acceptors (Lipinski definition) is 7. The Morgan fingerprint density at radius 3 is 2.75 bits per heavy atom. The van der Waals surface area contributed by atoms with Gasteiger partial charge in [0, 0.05) is 17.1 Å². The summed E-state index contributed by atoms with van der Waals surface area (Å²) in [5.41, 5.74) is 0.998. The number of nitrogens with one attached hydrogen (secondary N) is 1. The highest BCUT2D eigenvalue weighted by atomic mass is 19.1. The molecule has 36 heavy (non-hydrogen) atoms. The number of carboxylic acids is 1. The third kappa shape index (κ3) is 4.89. The highest BCUT2D eigenvalue weighted by Gasteiger charge is 2.17. The van der Waals surface area contributed by atoms with Crippen molar-refractivity contribution in [3.05, 3.63) is 90.1 Å². The fourth-order valence-electron chi connectivity index (χ4n) is 3.63. The van der Waals surface area contributed by atoms with Gasteiger partial charge in [0.25, 0.3) is 0 Å². The lowest BCUT2D eigenvalue weighted by atomic mass is 10.1. The molecule has 0 atom stereocenters. The van der Waals surface area contributed by atoms with Crippen molar-refractivity contribution in [2.45, 2.75) is 13.2 Å². The van der Waals surface area contributed by atoms with Crippen LogP contribution in [0.5, 0.6) is 5.75 Å². The van der Waals surface area contributed by atoms with Crippen LogP contribution < -0.4 is 10.1 Å². The Morgan fingerprint density at radius 2 is 1.92 bits per heavy atom. The molecule has 0 aliphatic carbocycles. The van der Waals surface area contributed by atoms with Gasteiger partial charge in [-0.3, -0.25) is 4.79 Å². The van der Waals surface area contributed by atoms with E-state index in [2.05, 4.69) is 20.8 Å². The van der Waals surface area contributed by atoms with E-state index in [-0.39, 0.29) is 41.8 Å². The Morgan fingerprint density at radius 1 is 1.08 bits per heavy atom. The summed E-state index contributed by atoms with van der Waals surface area (Å²) in [6, 6.07) is 18.3. The van der Waals surface area contributed by atoms with Crippen molar-refractivity contribution in [2.75, 3.05) is 5.32 Å². The van der Waals surface area contributed by atoms with Gasteiger partial charge in [-0.05, 0) is 29.7 Å². The summed E-state index contributed by atoms with van der Waals surface area (Å²) >= 11 is 0. The van der Waals surface area contributed by atoms with E-state index in [1.807, 2.05) is 42.5 Å². The number of halogens is 1. The smallest absolute Gasteiger partial charge is 0.358 e. The maximum atomic E-state index is 13.8. The number of nitrogens with zero attached hydrogens (tertiary/aromatic N) is 4. The molecule has 0 unspecified atom stereocenters. The lowest BCUT2D eigenvalue weighted by molar-refractivity contribution is -0.116. The minimum atomic E-state index is -1.27. The maximum absolute atomic E-state index is 13.8. The quantitative estimate of drug-likeness (QED) is 0.334. The molecule has 0 radical (unpaired) electrons. The van der Waals surface area contributed by atoms with E-state index in [4.69, 9.17) is 14.4 Å². The van der Waals surface area contributed by atoms with Crippen LogP contribution in [0.25, 0.3) is 22.1 Å². The number of hydrogen-bond donors (Lipinski definition) is 2. The van der Waals surface area contributed by atoms with Gasteiger partial charge >= 0.3 is 5.97 Å². The molecule has 3 aromatic carbocycles. The van der Waals surface area contributed by atoms with E-state index in [0.717, 1.165) is 16.8 Å². The zero-order valence-corrected chi connectivity index (χ0v) is 18.6. The summed E-state index contributed by atoms with van der Waals surface area (Å²) in [6.45, 7) is -0.0997. The molecule has 2 N–H and O–H groups in total. The normalized spacial score (nSPS) is 10.9. The van der Waals surface area contributed by atoms with Crippen LogP contribution in [0.15, 0.2) is 77.4 Å². The standard InChI is InChI=1S/C25H18FN5O5/c26-16-8-9-22(19(10-16)23-11-21(25(33)34)29-36-23)35-14-17-12-31(30-28-17)13-24(32)27-20-7-3-5-15-4-1-2-6-18(15)20/h1-12H,13-14H2,(H,27,32)(H,33,34). The van der Waals surface area contributed by atoms with Crippen molar-refractivity contribution < 1.29 is 28.3 Å². The summed E-state index contributed by atoms with van der Waals surface area (Å²) in [5.74, 6) is -1.84. The Labute approximate surface area is 202 Å². The maximum Gasteiger partial charge on any atom is 0.358 e. The van der Waals surface area contributed by atoms with Crippen molar-refractivity contribution in [3.63, 3.8) is 0 Å². The fraction of sp³-hybridized carbons (Fsp3) is 0.0800. The predicted molar refractivity (Wildman–Crippen MR) is 126 cm³/mol. The topological polar surface area (TPSA) is 132 Å². The summed E-state index contributed by atoms with van der Waals surface area (Å²) in [5, 5.41) is 25.3. The first kappa shape index (κ1) is 22.7. The second kappa shape index (κ2) is 9.66. The third-order valence-electron chi connectivity index (χ3n) is 5.27. The van der Waals surface area contributed by atoms with Crippen LogP contribution in [0.3, 0.4) is 0 Å². The van der Waals surface area contributed by atoms with Crippen LogP contribution in [-0.2, 0) is 17.9 Å². The van der Waals surface area contributed by atoms with E-state index in [1.165, 1.54) is 22.9 Å². The van der Waals surface area contributed by atoms with E-state index >= 15 is 0 Å². The molecule has 2 heterocycles. The van der Waals surface area contributed by atoms with Crippen molar-refractivity contribution in [1.29, 1.82) is 0 Å². The van der Waals surface area contributed by atoms with Gasteiger partial charge in [-0.1, -0.05) is 46.8 Å². The molecular weight excluding hydrogens is 469 g/mol. The van der Waals surface area contributed by atoms with E-state index in [9.17, 15) is 14.0 Å². The molecule has 5 rings (SSSR count). The minimum absolute atomic E-state index is 0.0376. The lowest BCUT2D eigenvalue weighted by Crippen LogP contribution is -2.19. The van der Waals surface area contributed by atoms with Gasteiger partial charge in [0.15, 0.2) is 11.5 Å². The van der Waals surface area contributed by atoms with Gasteiger partial charge in [0.2, 0.25) is 5.91 Å². The molecule has 0 saturated heterocycles. The Kier molecular flexibility index (Phi) is 6.10. The molecule has 0 fully saturated rings. The van der Waals surface area contributed by atoms with Crippen molar-refractivity contribution in [1.82, 2.24) is 20.2 Å². The van der Waals surface area contributed by atoms with Gasteiger partial charge in [-0.15, -0.1) is 5.10 Å². The summed E-state index contributed by atoms with van der Waals surface area (Å²) in [7, 11) is 0. The number of ether oxygens (including phenoxy) is 1. The second-order valence-electron chi connectivity index (χ2n) is 7.79. The molecule has 2 aromatic heterocycles. The number of anilines is 1. The van der Waals surface area contributed by atoms with Crippen LogP contribution in [0.1, 0.15) is 16.2 Å². The highest BCUT2D eigenvalue weighted by Crippen LogP contribution is 2.32. The van der Waals surface area contributed by atoms with Crippen LogP contribution in [0, 0.1) is 5.82 Å². The van der Waals surface area contributed by atoms with E-state index < -0.39 is 11.8 Å². The number of fused-ring (bicyclic) bond motifs is 1. The molecule has 11 heteroatoms. The zero-order chi connectivity index (χ0) is 25.1. The van der Waals surface area contributed by atoms with Crippen LogP contribution >= 0.6 is 0 Å². The molecule has 0 aliphatic rings. The van der Waals surface area contributed by atoms with Gasteiger partial charge in [-0.25, -0.2) is 13.9 Å². The third-order valence-corrected chi connectivity index (χ3v) is 5.27. The second-order valence-corrected chi connectivity index (χ2v) is 7.79. The predicted octanol–water partition coefficient (Wildman–Crippen LogP) is 4.14. The molecule has 0 bridgehead atoms. The van der Waals surface area contributed by atoms with Gasteiger partial charge in [-0.2, -0.15) is 0 Å². The molecule has 1 amide bonds. The summed E-state index contributed by atoms with van der Waals surface area (Å²) < 4.78 is 26.0. The summed E-state index contributed by atoms with van der Waals surface area (Å²) in [4.78, 5) is 23.6. The minimum Gasteiger partial charge on any atom is -0.486 e. The Bertz CT molecular complexity index is 1570. The molecule has 10 nitrogen and oxygen atoms in total. The average molecular weight is 487 g/mol. The molecular formula is C25H18FN5O5. The largest absolute Gasteiger partial charge is 0.486 e. The summed E-state index contributed by atoms with van der Waals surface area (Å²) in [6.07, 6.45) is 1.56. The van der Waals surface area contributed by atoms with Crippen LogP contribution in [0.2, 0.25) is 0 Å². The van der Waals surface area contributed by atoms with Gasteiger partial charge in [0.1, 0.15) is 30.4 Å². The Hall–Kier alpha value is -5.06. The molecule has 0 saturated carbocycles. The number of carbonyl (C=O) groups is 2. The SMILES string of the molecule is O=C(Cn1cc(COc2ccc(F)cc2-c2cc(C(=O)O)no2)nn1)Nc1cccc2ccccc12. The Balaban J connectivity index is 1.25. The molecule has 5 aromatic rings. The molecule has 0 aliphatic heterocycles.